The molecule has 10 heteroatoms. The quantitative estimate of drug-likeness (QED) is 0.354. The number of ether oxygens (including phenoxy) is 1. The van der Waals surface area contributed by atoms with E-state index in [0.29, 0.717) is 28.8 Å². The lowest BCUT2D eigenvalue weighted by Gasteiger charge is -2.14. The number of nitrogens with one attached hydrogen (secondary N) is 2. The summed E-state index contributed by atoms with van der Waals surface area (Å²) in [6.07, 6.45) is 4.69. The zero-order valence-corrected chi connectivity index (χ0v) is 20.2. The molecule has 2 aromatic heterocycles. The van der Waals surface area contributed by atoms with Gasteiger partial charge < -0.3 is 15.8 Å². The summed E-state index contributed by atoms with van der Waals surface area (Å²) in [4.78, 5) is 32.4. The lowest BCUT2D eigenvalue weighted by atomic mass is 9.92. The number of nitrogens with two attached hydrogens (primary N) is 1. The first-order valence-corrected chi connectivity index (χ1v) is 11.3. The number of carbonyl (C=O) groups excluding carboxylic acids is 2. The van der Waals surface area contributed by atoms with Gasteiger partial charge in [0.1, 0.15) is 11.6 Å². The fourth-order valence-electron chi connectivity index (χ4n) is 3.41. The van der Waals surface area contributed by atoms with E-state index in [0.717, 1.165) is 11.3 Å². The number of nitrogens with zero attached hydrogens (tertiary/aromatic N) is 4. The largest absolute Gasteiger partial charge is 0.437 e. The van der Waals surface area contributed by atoms with Gasteiger partial charge >= 0.3 is 6.03 Å². The summed E-state index contributed by atoms with van der Waals surface area (Å²) in [5.74, 6) is 0.891. The van der Waals surface area contributed by atoms with Crippen molar-refractivity contribution in [2.45, 2.75) is 32.6 Å². The molecule has 0 saturated heterocycles. The van der Waals surface area contributed by atoms with E-state index in [1.54, 1.807) is 35.1 Å². The standard InChI is InChI=1S/C26H27N7O3/c1-26(2,3)21-15-23(33(32-21)19-8-4-6-17(12-19)13-22(27)34)31-25(35)30-18-7-5-9-20(14-18)36-24-16-28-10-11-29-24/h4-12,14-16H,13H2,1-3H3,(H2,27,34)(H2,30,31,35). The SMILES string of the molecule is CC(C)(C)c1cc(NC(=O)Nc2cccc(Oc3cnccn3)c2)n(-c2cccc(CC(N)=O)c2)n1. The molecule has 4 rings (SSSR count). The highest BCUT2D eigenvalue weighted by atomic mass is 16.5. The van der Waals surface area contributed by atoms with Crippen LogP contribution in [-0.4, -0.2) is 31.7 Å². The van der Waals surface area contributed by atoms with Crippen molar-refractivity contribution in [2.24, 2.45) is 5.73 Å². The zero-order chi connectivity index (χ0) is 25.7. The van der Waals surface area contributed by atoms with E-state index < -0.39 is 11.9 Å². The number of urea groups is 1. The third-order valence-corrected chi connectivity index (χ3v) is 5.11. The molecule has 2 aromatic carbocycles. The second-order valence-electron chi connectivity index (χ2n) is 9.14. The predicted octanol–water partition coefficient (Wildman–Crippen LogP) is 4.42. The summed E-state index contributed by atoms with van der Waals surface area (Å²) >= 11 is 0. The molecule has 4 aromatic rings. The molecule has 0 aliphatic heterocycles. The maximum atomic E-state index is 12.9. The molecule has 0 fully saturated rings. The number of carbonyl (C=O) groups is 2. The maximum Gasteiger partial charge on any atom is 0.324 e. The Bertz CT molecular complexity index is 1380. The fraction of sp³-hybridized carbons (Fsp3) is 0.192. The third kappa shape index (κ3) is 6.23. The van der Waals surface area contributed by atoms with Gasteiger partial charge in [0, 0.05) is 35.6 Å². The first-order valence-electron chi connectivity index (χ1n) is 11.3. The predicted molar refractivity (Wildman–Crippen MR) is 136 cm³/mol. The molecule has 0 bridgehead atoms. The number of primary amides is 1. The topological polar surface area (TPSA) is 137 Å². The number of amides is 3. The average Bonchev–Trinajstić information content (AvgIpc) is 3.24. The van der Waals surface area contributed by atoms with Crippen LogP contribution in [0.15, 0.2) is 73.2 Å². The fourth-order valence-corrected chi connectivity index (χ4v) is 3.41. The van der Waals surface area contributed by atoms with Crippen molar-refractivity contribution in [1.29, 1.82) is 0 Å². The van der Waals surface area contributed by atoms with Gasteiger partial charge in [-0.2, -0.15) is 5.10 Å². The van der Waals surface area contributed by atoms with Gasteiger partial charge in [0.15, 0.2) is 0 Å². The molecule has 0 radical (unpaired) electrons. The summed E-state index contributed by atoms with van der Waals surface area (Å²) < 4.78 is 7.32. The number of hydrogen-bond donors (Lipinski definition) is 3. The van der Waals surface area contributed by atoms with E-state index in [4.69, 9.17) is 15.6 Å². The number of anilines is 2. The molecule has 3 amide bonds. The molecular weight excluding hydrogens is 458 g/mol. The van der Waals surface area contributed by atoms with Crippen LogP contribution in [0.4, 0.5) is 16.3 Å². The molecular formula is C26H27N7O3. The molecule has 0 aliphatic rings. The molecule has 0 unspecified atom stereocenters. The van der Waals surface area contributed by atoms with E-state index in [2.05, 4.69) is 20.6 Å². The minimum absolute atomic E-state index is 0.109. The lowest BCUT2D eigenvalue weighted by molar-refractivity contribution is -0.117. The van der Waals surface area contributed by atoms with Crippen LogP contribution in [0.1, 0.15) is 32.0 Å². The second kappa shape index (κ2) is 10.3. The highest BCUT2D eigenvalue weighted by molar-refractivity contribution is 5.99. The van der Waals surface area contributed by atoms with Gasteiger partial charge in [-0.3, -0.25) is 15.1 Å². The van der Waals surface area contributed by atoms with Crippen molar-refractivity contribution >= 4 is 23.4 Å². The minimum atomic E-state index is -0.457. The smallest absolute Gasteiger partial charge is 0.324 e. The lowest BCUT2D eigenvalue weighted by Crippen LogP contribution is -2.21. The van der Waals surface area contributed by atoms with Crippen LogP contribution in [0.2, 0.25) is 0 Å². The summed E-state index contributed by atoms with van der Waals surface area (Å²) in [5, 5.41) is 10.4. The number of benzene rings is 2. The van der Waals surface area contributed by atoms with Gasteiger partial charge in [-0.15, -0.1) is 0 Å². The zero-order valence-electron chi connectivity index (χ0n) is 20.2. The molecule has 0 spiro atoms. The summed E-state index contributed by atoms with van der Waals surface area (Å²) in [7, 11) is 0. The van der Waals surface area contributed by atoms with Crippen LogP contribution in [0.5, 0.6) is 11.6 Å². The Kier molecular flexibility index (Phi) is 6.95. The monoisotopic (exact) mass is 485 g/mol. The Labute approximate surface area is 208 Å². The van der Waals surface area contributed by atoms with Crippen LogP contribution in [0, 0.1) is 0 Å². The van der Waals surface area contributed by atoms with Crippen LogP contribution >= 0.6 is 0 Å². The molecule has 4 N–H and O–H groups in total. The number of rotatable bonds is 7. The van der Waals surface area contributed by atoms with Gasteiger partial charge in [-0.1, -0.05) is 39.0 Å². The van der Waals surface area contributed by atoms with Gasteiger partial charge in [0.2, 0.25) is 11.8 Å². The van der Waals surface area contributed by atoms with Crippen molar-refractivity contribution in [2.75, 3.05) is 10.6 Å². The van der Waals surface area contributed by atoms with E-state index in [9.17, 15) is 9.59 Å². The minimum Gasteiger partial charge on any atom is -0.437 e. The Morgan fingerprint density at radius 1 is 1.03 bits per heavy atom. The first-order chi connectivity index (χ1) is 17.2. The van der Waals surface area contributed by atoms with Crippen molar-refractivity contribution in [1.82, 2.24) is 19.7 Å². The molecule has 36 heavy (non-hydrogen) atoms. The summed E-state index contributed by atoms with van der Waals surface area (Å²) in [6.45, 7) is 6.11. The van der Waals surface area contributed by atoms with Crippen molar-refractivity contribution in [3.8, 4) is 17.3 Å². The van der Waals surface area contributed by atoms with Gasteiger partial charge in [-0.25, -0.2) is 14.5 Å². The molecule has 0 atom stereocenters. The Balaban J connectivity index is 1.55. The van der Waals surface area contributed by atoms with Crippen LogP contribution in [0.3, 0.4) is 0 Å². The van der Waals surface area contributed by atoms with E-state index in [1.165, 1.54) is 12.4 Å². The average molecular weight is 486 g/mol. The Morgan fingerprint density at radius 3 is 2.56 bits per heavy atom. The van der Waals surface area contributed by atoms with E-state index in [-0.39, 0.29) is 11.8 Å². The third-order valence-electron chi connectivity index (χ3n) is 5.11. The van der Waals surface area contributed by atoms with Crippen molar-refractivity contribution < 1.29 is 14.3 Å². The molecule has 0 saturated carbocycles. The number of aromatic nitrogens is 4. The highest BCUT2D eigenvalue weighted by Gasteiger charge is 2.22. The Hall–Kier alpha value is -4.73. The number of hydrogen-bond acceptors (Lipinski definition) is 6. The van der Waals surface area contributed by atoms with Crippen LogP contribution in [0.25, 0.3) is 5.69 Å². The normalized spacial score (nSPS) is 11.1. The van der Waals surface area contributed by atoms with Crippen LogP contribution in [-0.2, 0) is 16.6 Å². The van der Waals surface area contributed by atoms with Gasteiger partial charge in [-0.05, 0) is 29.8 Å². The summed E-state index contributed by atoms with van der Waals surface area (Å²) in [5.41, 5.74) is 7.86. The van der Waals surface area contributed by atoms with Crippen molar-refractivity contribution in [3.63, 3.8) is 0 Å². The molecule has 2 heterocycles. The highest BCUT2D eigenvalue weighted by Crippen LogP contribution is 2.27. The maximum absolute atomic E-state index is 12.9. The molecule has 10 nitrogen and oxygen atoms in total. The molecule has 0 aliphatic carbocycles. The second-order valence-corrected chi connectivity index (χ2v) is 9.14. The van der Waals surface area contributed by atoms with Gasteiger partial charge in [0.25, 0.3) is 0 Å². The van der Waals surface area contributed by atoms with Crippen LogP contribution < -0.4 is 21.1 Å². The molecule has 184 valence electrons. The van der Waals surface area contributed by atoms with Crippen molar-refractivity contribution in [3.05, 3.63) is 84.4 Å². The van der Waals surface area contributed by atoms with E-state index in [1.807, 2.05) is 51.1 Å². The van der Waals surface area contributed by atoms with Gasteiger partial charge in [0.05, 0.1) is 24.0 Å². The first kappa shape index (κ1) is 24.4. The van der Waals surface area contributed by atoms with E-state index >= 15 is 0 Å². The Morgan fingerprint density at radius 2 is 1.83 bits per heavy atom. The summed E-state index contributed by atoms with van der Waals surface area (Å²) in [6, 6.07) is 15.6.